The van der Waals surface area contributed by atoms with E-state index in [2.05, 4.69) is 44.8 Å². The van der Waals surface area contributed by atoms with Gasteiger partial charge in [-0.25, -0.2) is 0 Å². The van der Waals surface area contributed by atoms with Gasteiger partial charge in [-0.15, -0.1) is 0 Å². The number of guanidine groups is 1. The molecular formula is C23H32N4O3. The van der Waals surface area contributed by atoms with E-state index in [0.717, 1.165) is 55.9 Å². The first-order chi connectivity index (χ1) is 14.7. The normalized spacial score (nSPS) is 15.0. The van der Waals surface area contributed by atoms with E-state index in [0.29, 0.717) is 13.1 Å². The molecule has 1 saturated heterocycles. The van der Waals surface area contributed by atoms with Crippen molar-refractivity contribution in [3.8, 4) is 11.5 Å². The van der Waals surface area contributed by atoms with Crippen molar-refractivity contribution in [3.05, 3.63) is 59.2 Å². The lowest BCUT2D eigenvalue weighted by Gasteiger charge is -2.27. The van der Waals surface area contributed by atoms with E-state index in [-0.39, 0.29) is 0 Å². The Kier molecular flexibility index (Phi) is 8.35. The summed E-state index contributed by atoms with van der Waals surface area (Å²) in [6, 6.07) is 14.4. The molecule has 1 heterocycles. The monoisotopic (exact) mass is 412 g/mol. The van der Waals surface area contributed by atoms with E-state index in [9.17, 15) is 0 Å². The van der Waals surface area contributed by atoms with Gasteiger partial charge in [-0.1, -0.05) is 24.3 Å². The average Bonchev–Trinajstić information content (AvgIpc) is 2.80. The highest BCUT2D eigenvalue weighted by Crippen LogP contribution is 2.24. The first-order valence-electron chi connectivity index (χ1n) is 10.3. The Labute approximate surface area is 179 Å². The summed E-state index contributed by atoms with van der Waals surface area (Å²) in [5.41, 5.74) is 3.64. The van der Waals surface area contributed by atoms with Crippen LogP contribution < -0.4 is 20.1 Å². The van der Waals surface area contributed by atoms with E-state index in [1.165, 1.54) is 11.1 Å². The highest BCUT2D eigenvalue weighted by atomic mass is 16.5. The third-order valence-electron chi connectivity index (χ3n) is 5.23. The Hall–Kier alpha value is -2.77. The van der Waals surface area contributed by atoms with Gasteiger partial charge in [-0.3, -0.25) is 9.89 Å². The van der Waals surface area contributed by atoms with Gasteiger partial charge in [0.2, 0.25) is 0 Å². The molecule has 2 aromatic rings. The molecule has 3 rings (SSSR count). The predicted octanol–water partition coefficient (Wildman–Crippen LogP) is 2.40. The minimum Gasteiger partial charge on any atom is -0.497 e. The SMILES string of the molecule is CN=C(NCc1ccccc1CN1CCOCC1)NCc1ccc(OC)cc1OC. The summed E-state index contributed by atoms with van der Waals surface area (Å²) in [5.74, 6) is 2.30. The molecular weight excluding hydrogens is 380 g/mol. The second-order valence-corrected chi connectivity index (χ2v) is 7.11. The number of rotatable bonds is 8. The molecule has 0 amide bonds. The van der Waals surface area contributed by atoms with E-state index in [1.54, 1.807) is 21.3 Å². The van der Waals surface area contributed by atoms with Gasteiger partial charge in [-0.05, 0) is 23.3 Å². The Morgan fingerprint density at radius 1 is 0.967 bits per heavy atom. The molecule has 2 aromatic carbocycles. The van der Waals surface area contributed by atoms with Crippen LogP contribution in [-0.4, -0.2) is 58.4 Å². The molecule has 1 fully saturated rings. The molecule has 0 unspecified atom stereocenters. The van der Waals surface area contributed by atoms with E-state index in [1.807, 2.05) is 18.2 Å². The van der Waals surface area contributed by atoms with Crippen LogP contribution in [-0.2, 0) is 24.4 Å². The van der Waals surface area contributed by atoms with E-state index < -0.39 is 0 Å². The van der Waals surface area contributed by atoms with Gasteiger partial charge in [0.15, 0.2) is 5.96 Å². The van der Waals surface area contributed by atoms with Crippen molar-refractivity contribution < 1.29 is 14.2 Å². The summed E-state index contributed by atoms with van der Waals surface area (Å²) in [6.07, 6.45) is 0. The van der Waals surface area contributed by atoms with Gasteiger partial charge in [0.1, 0.15) is 11.5 Å². The Morgan fingerprint density at radius 3 is 2.33 bits per heavy atom. The summed E-state index contributed by atoms with van der Waals surface area (Å²) in [7, 11) is 5.09. The highest BCUT2D eigenvalue weighted by molar-refractivity contribution is 5.79. The minimum atomic E-state index is 0.599. The number of morpholine rings is 1. The smallest absolute Gasteiger partial charge is 0.191 e. The van der Waals surface area contributed by atoms with Crippen LogP contribution in [0.1, 0.15) is 16.7 Å². The van der Waals surface area contributed by atoms with Crippen molar-refractivity contribution in [1.29, 1.82) is 0 Å². The number of methoxy groups -OCH3 is 2. The topological polar surface area (TPSA) is 67.4 Å². The van der Waals surface area contributed by atoms with Crippen molar-refractivity contribution in [3.63, 3.8) is 0 Å². The molecule has 162 valence electrons. The van der Waals surface area contributed by atoms with Crippen LogP contribution in [0.25, 0.3) is 0 Å². The Bertz CT molecular complexity index is 835. The number of hydrogen-bond donors (Lipinski definition) is 2. The van der Waals surface area contributed by atoms with Crippen LogP contribution >= 0.6 is 0 Å². The fraction of sp³-hybridized carbons (Fsp3) is 0.435. The zero-order valence-corrected chi connectivity index (χ0v) is 18.1. The minimum absolute atomic E-state index is 0.599. The van der Waals surface area contributed by atoms with Gasteiger partial charge in [0, 0.05) is 51.4 Å². The number of benzene rings is 2. The second-order valence-electron chi connectivity index (χ2n) is 7.11. The molecule has 0 saturated carbocycles. The number of aliphatic imine (C=N–C) groups is 1. The van der Waals surface area contributed by atoms with Crippen LogP contribution in [0.4, 0.5) is 0 Å². The van der Waals surface area contributed by atoms with Crippen molar-refractivity contribution in [1.82, 2.24) is 15.5 Å². The maximum Gasteiger partial charge on any atom is 0.191 e. The zero-order chi connectivity index (χ0) is 21.2. The second kappa shape index (κ2) is 11.4. The van der Waals surface area contributed by atoms with E-state index >= 15 is 0 Å². The quantitative estimate of drug-likeness (QED) is 0.513. The van der Waals surface area contributed by atoms with Crippen molar-refractivity contribution in [2.45, 2.75) is 19.6 Å². The standard InChI is InChI=1S/C23H32N4O3/c1-24-23(26-16-19-8-9-21(28-2)14-22(19)29-3)25-15-18-6-4-5-7-20(18)17-27-10-12-30-13-11-27/h4-9,14H,10-13,15-17H2,1-3H3,(H2,24,25,26). The van der Waals surface area contributed by atoms with E-state index in [4.69, 9.17) is 14.2 Å². The van der Waals surface area contributed by atoms with Gasteiger partial charge < -0.3 is 24.8 Å². The summed E-state index contributed by atoms with van der Waals surface area (Å²) in [6.45, 7) is 5.83. The molecule has 0 spiro atoms. The third-order valence-corrected chi connectivity index (χ3v) is 5.23. The largest absolute Gasteiger partial charge is 0.497 e. The summed E-state index contributed by atoms with van der Waals surface area (Å²) < 4.78 is 16.2. The lowest BCUT2D eigenvalue weighted by atomic mass is 10.1. The average molecular weight is 413 g/mol. The lowest BCUT2D eigenvalue weighted by Crippen LogP contribution is -2.37. The number of ether oxygens (including phenoxy) is 3. The van der Waals surface area contributed by atoms with Crippen LogP contribution in [0, 0.1) is 0 Å². The molecule has 0 aliphatic carbocycles. The summed E-state index contributed by atoms with van der Waals surface area (Å²) in [5, 5.41) is 6.78. The molecule has 0 radical (unpaired) electrons. The Balaban J connectivity index is 1.57. The molecule has 0 aromatic heterocycles. The molecule has 0 bridgehead atoms. The summed E-state index contributed by atoms with van der Waals surface area (Å²) in [4.78, 5) is 6.79. The third kappa shape index (κ3) is 6.11. The highest BCUT2D eigenvalue weighted by Gasteiger charge is 2.13. The predicted molar refractivity (Wildman–Crippen MR) is 119 cm³/mol. The van der Waals surface area contributed by atoms with Crippen LogP contribution in [0.15, 0.2) is 47.5 Å². The molecule has 7 heteroatoms. The first kappa shape index (κ1) is 21.9. The molecule has 2 N–H and O–H groups in total. The maximum absolute atomic E-state index is 5.48. The van der Waals surface area contributed by atoms with Crippen LogP contribution in [0.5, 0.6) is 11.5 Å². The van der Waals surface area contributed by atoms with Gasteiger partial charge in [0.05, 0.1) is 27.4 Å². The zero-order valence-electron chi connectivity index (χ0n) is 18.1. The van der Waals surface area contributed by atoms with Gasteiger partial charge >= 0.3 is 0 Å². The maximum atomic E-state index is 5.48. The van der Waals surface area contributed by atoms with Crippen LogP contribution in [0.2, 0.25) is 0 Å². The molecule has 1 aliphatic heterocycles. The first-order valence-corrected chi connectivity index (χ1v) is 10.3. The van der Waals surface area contributed by atoms with Crippen molar-refractivity contribution >= 4 is 5.96 Å². The number of nitrogens with one attached hydrogen (secondary N) is 2. The van der Waals surface area contributed by atoms with Gasteiger partial charge in [0.25, 0.3) is 0 Å². The fourth-order valence-electron chi connectivity index (χ4n) is 3.46. The summed E-state index contributed by atoms with van der Waals surface area (Å²) >= 11 is 0. The van der Waals surface area contributed by atoms with Crippen molar-refractivity contribution in [2.75, 3.05) is 47.6 Å². The van der Waals surface area contributed by atoms with Gasteiger partial charge in [-0.2, -0.15) is 0 Å². The Morgan fingerprint density at radius 2 is 1.67 bits per heavy atom. The molecule has 1 aliphatic rings. The lowest BCUT2D eigenvalue weighted by molar-refractivity contribution is 0.0341. The molecule has 0 atom stereocenters. The fourth-order valence-corrected chi connectivity index (χ4v) is 3.46. The number of hydrogen-bond acceptors (Lipinski definition) is 5. The van der Waals surface area contributed by atoms with Crippen LogP contribution in [0.3, 0.4) is 0 Å². The molecule has 7 nitrogen and oxygen atoms in total. The molecule has 30 heavy (non-hydrogen) atoms. The van der Waals surface area contributed by atoms with Crippen molar-refractivity contribution in [2.24, 2.45) is 4.99 Å². The number of nitrogens with zero attached hydrogens (tertiary/aromatic N) is 2.